The van der Waals surface area contributed by atoms with Gasteiger partial charge in [-0.05, 0) is 23.1 Å². The lowest BCUT2D eigenvalue weighted by Crippen LogP contribution is -2.39. The second-order valence-electron chi connectivity index (χ2n) is 7.95. The highest BCUT2D eigenvalue weighted by Crippen LogP contribution is 2.23. The zero-order valence-corrected chi connectivity index (χ0v) is 16.9. The van der Waals surface area contributed by atoms with Crippen LogP contribution in [0.2, 0.25) is 0 Å². The summed E-state index contributed by atoms with van der Waals surface area (Å²) < 4.78 is 5.34. The summed E-state index contributed by atoms with van der Waals surface area (Å²) >= 11 is 0. The van der Waals surface area contributed by atoms with Crippen LogP contribution < -0.4 is 10.6 Å². The summed E-state index contributed by atoms with van der Waals surface area (Å²) in [6, 6.07) is 7.88. The van der Waals surface area contributed by atoms with Crippen LogP contribution in [0.1, 0.15) is 36.8 Å². The minimum atomic E-state index is -0.268. The van der Waals surface area contributed by atoms with E-state index in [1.54, 1.807) is 6.20 Å². The van der Waals surface area contributed by atoms with Gasteiger partial charge in [0.05, 0.1) is 25.6 Å². The zero-order valence-electron chi connectivity index (χ0n) is 16.9. The predicted molar refractivity (Wildman–Crippen MR) is 111 cm³/mol. The lowest BCUT2D eigenvalue weighted by atomic mass is 9.87. The number of morpholine rings is 1. The summed E-state index contributed by atoms with van der Waals surface area (Å²) in [5.74, 6) is 0.398. The smallest absolute Gasteiger partial charge is 0.275 e. The van der Waals surface area contributed by atoms with Crippen molar-refractivity contribution >= 4 is 17.4 Å². The van der Waals surface area contributed by atoms with Crippen molar-refractivity contribution in [2.75, 3.05) is 50.0 Å². The summed E-state index contributed by atoms with van der Waals surface area (Å²) in [5, 5.41) is 6.10. The largest absolute Gasteiger partial charge is 0.379 e. The van der Waals surface area contributed by atoms with Crippen LogP contribution >= 0.6 is 0 Å². The molecule has 0 spiro atoms. The molecule has 0 unspecified atom stereocenters. The van der Waals surface area contributed by atoms with Gasteiger partial charge in [-0.3, -0.25) is 9.69 Å². The van der Waals surface area contributed by atoms with E-state index in [1.807, 2.05) is 24.3 Å². The highest BCUT2D eigenvalue weighted by Gasteiger charge is 2.14. The fourth-order valence-corrected chi connectivity index (χ4v) is 2.95. The molecule has 3 rings (SSSR count). The van der Waals surface area contributed by atoms with E-state index in [4.69, 9.17) is 4.74 Å². The third-order valence-electron chi connectivity index (χ3n) is 4.73. The lowest BCUT2D eigenvalue weighted by molar-refractivity contribution is 0.0398. The van der Waals surface area contributed by atoms with Gasteiger partial charge >= 0.3 is 0 Å². The molecule has 1 fully saturated rings. The molecule has 0 saturated carbocycles. The lowest BCUT2D eigenvalue weighted by Gasteiger charge is -2.26. The third-order valence-corrected chi connectivity index (χ3v) is 4.73. The normalized spacial score (nSPS) is 15.2. The van der Waals surface area contributed by atoms with E-state index in [0.717, 1.165) is 45.1 Å². The molecule has 1 aliphatic rings. The van der Waals surface area contributed by atoms with Gasteiger partial charge in [-0.1, -0.05) is 32.9 Å². The summed E-state index contributed by atoms with van der Waals surface area (Å²) in [6.45, 7) is 11.7. The fourth-order valence-electron chi connectivity index (χ4n) is 2.95. The monoisotopic (exact) mass is 383 g/mol. The van der Waals surface area contributed by atoms with Gasteiger partial charge in [0.15, 0.2) is 0 Å². The molecule has 2 N–H and O–H groups in total. The molecule has 0 aliphatic carbocycles. The standard InChI is InChI=1S/C21H29N5O2/c1-21(2,3)16-4-6-17(7-5-16)25-20(27)18-14-24-19(15-23-18)22-8-9-26-10-12-28-13-11-26/h4-7,14-15H,8-13H2,1-3H3,(H,22,24)(H,25,27). The Morgan fingerprint density at radius 3 is 2.43 bits per heavy atom. The Balaban J connectivity index is 1.49. The number of hydrogen-bond acceptors (Lipinski definition) is 6. The van der Waals surface area contributed by atoms with Crippen molar-refractivity contribution in [1.82, 2.24) is 14.9 Å². The molecule has 28 heavy (non-hydrogen) atoms. The first kappa shape index (κ1) is 20.2. The number of rotatable bonds is 6. The average molecular weight is 383 g/mol. The van der Waals surface area contributed by atoms with Crippen molar-refractivity contribution < 1.29 is 9.53 Å². The third kappa shape index (κ3) is 5.74. The molecular formula is C21H29N5O2. The molecule has 1 saturated heterocycles. The minimum absolute atomic E-state index is 0.0820. The molecule has 2 aromatic rings. The molecule has 0 radical (unpaired) electrons. The quantitative estimate of drug-likeness (QED) is 0.799. The van der Waals surface area contributed by atoms with Gasteiger partial charge < -0.3 is 15.4 Å². The van der Waals surface area contributed by atoms with Crippen molar-refractivity contribution in [1.29, 1.82) is 0 Å². The molecule has 2 heterocycles. The minimum Gasteiger partial charge on any atom is -0.379 e. The van der Waals surface area contributed by atoms with Crippen LogP contribution in [0.5, 0.6) is 0 Å². The SMILES string of the molecule is CC(C)(C)c1ccc(NC(=O)c2cnc(NCCN3CCOCC3)cn2)cc1. The van der Waals surface area contributed by atoms with Gasteiger partial charge in [0.2, 0.25) is 0 Å². The molecule has 7 heteroatoms. The van der Waals surface area contributed by atoms with Crippen LogP contribution in [0, 0.1) is 0 Å². The summed E-state index contributed by atoms with van der Waals surface area (Å²) in [5.41, 5.74) is 2.34. The molecule has 150 valence electrons. The van der Waals surface area contributed by atoms with Crippen molar-refractivity contribution in [3.05, 3.63) is 47.9 Å². The van der Waals surface area contributed by atoms with Crippen LogP contribution in [-0.2, 0) is 10.2 Å². The van der Waals surface area contributed by atoms with Crippen molar-refractivity contribution in [3.8, 4) is 0 Å². The average Bonchev–Trinajstić information content (AvgIpc) is 2.69. The topological polar surface area (TPSA) is 79.4 Å². The van der Waals surface area contributed by atoms with E-state index in [0.29, 0.717) is 11.5 Å². The van der Waals surface area contributed by atoms with Gasteiger partial charge in [0.1, 0.15) is 11.5 Å². The maximum atomic E-state index is 12.4. The Kier molecular flexibility index (Phi) is 6.59. The van der Waals surface area contributed by atoms with Crippen LogP contribution in [0.15, 0.2) is 36.7 Å². The van der Waals surface area contributed by atoms with Crippen molar-refractivity contribution in [2.45, 2.75) is 26.2 Å². The molecule has 0 atom stereocenters. The Morgan fingerprint density at radius 1 is 1.11 bits per heavy atom. The molecule has 1 amide bonds. The second kappa shape index (κ2) is 9.12. The number of carbonyl (C=O) groups excluding carboxylic acids is 1. The molecular weight excluding hydrogens is 354 g/mol. The number of anilines is 2. The van der Waals surface area contributed by atoms with Gasteiger partial charge in [0.25, 0.3) is 5.91 Å². The van der Waals surface area contributed by atoms with E-state index in [1.165, 1.54) is 11.8 Å². The Morgan fingerprint density at radius 2 is 1.82 bits per heavy atom. The summed E-state index contributed by atoms with van der Waals surface area (Å²) in [4.78, 5) is 23.2. The number of amides is 1. The highest BCUT2D eigenvalue weighted by atomic mass is 16.5. The van der Waals surface area contributed by atoms with E-state index in [2.05, 4.69) is 46.3 Å². The summed E-state index contributed by atoms with van der Waals surface area (Å²) in [6.07, 6.45) is 3.09. The molecule has 1 aromatic carbocycles. The maximum absolute atomic E-state index is 12.4. The van der Waals surface area contributed by atoms with Crippen molar-refractivity contribution in [3.63, 3.8) is 0 Å². The van der Waals surface area contributed by atoms with E-state index in [9.17, 15) is 4.79 Å². The summed E-state index contributed by atoms with van der Waals surface area (Å²) in [7, 11) is 0. The van der Waals surface area contributed by atoms with Gasteiger partial charge in [-0.2, -0.15) is 0 Å². The Bertz CT molecular complexity index is 763. The Labute approximate surface area is 166 Å². The molecule has 1 aliphatic heterocycles. The maximum Gasteiger partial charge on any atom is 0.275 e. The number of nitrogens with one attached hydrogen (secondary N) is 2. The highest BCUT2D eigenvalue weighted by molar-refractivity contribution is 6.02. The van der Waals surface area contributed by atoms with Gasteiger partial charge in [-0.15, -0.1) is 0 Å². The zero-order chi connectivity index (χ0) is 20.0. The van der Waals surface area contributed by atoms with E-state index in [-0.39, 0.29) is 11.3 Å². The number of aromatic nitrogens is 2. The van der Waals surface area contributed by atoms with Crippen LogP contribution in [0.4, 0.5) is 11.5 Å². The number of benzene rings is 1. The number of nitrogens with zero attached hydrogens (tertiary/aromatic N) is 3. The molecule has 7 nitrogen and oxygen atoms in total. The first-order chi connectivity index (χ1) is 13.4. The molecule has 0 bridgehead atoms. The second-order valence-corrected chi connectivity index (χ2v) is 7.95. The number of carbonyl (C=O) groups is 1. The fraction of sp³-hybridized carbons (Fsp3) is 0.476. The van der Waals surface area contributed by atoms with Crippen LogP contribution in [-0.4, -0.2) is 60.2 Å². The van der Waals surface area contributed by atoms with E-state index < -0.39 is 0 Å². The number of hydrogen-bond donors (Lipinski definition) is 2. The van der Waals surface area contributed by atoms with Gasteiger partial charge in [0, 0.05) is 31.9 Å². The molecule has 1 aromatic heterocycles. The van der Waals surface area contributed by atoms with Crippen molar-refractivity contribution in [2.24, 2.45) is 0 Å². The first-order valence-corrected chi connectivity index (χ1v) is 9.70. The van der Waals surface area contributed by atoms with Crippen LogP contribution in [0.3, 0.4) is 0 Å². The predicted octanol–water partition coefficient (Wildman–Crippen LogP) is 2.77. The first-order valence-electron chi connectivity index (χ1n) is 9.70. The number of ether oxygens (including phenoxy) is 1. The van der Waals surface area contributed by atoms with Gasteiger partial charge in [-0.25, -0.2) is 9.97 Å². The Hall–Kier alpha value is -2.51. The van der Waals surface area contributed by atoms with E-state index >= 15 is 0 Å². The van der Waals surface area contributed by atoms with Crippen LogP contribution in [0.25, 0.3) is 0 Å².